The van der Waals surface area contributed by atoms with Gasteiger partial charge in [-0.1, -0.05) is 167 Å². The highest BCUT2D eigenvalue weighted by molar-refractivity contribution is 5.91. The summed E-state index contributed by atoms with van der Waals surface area (Å²) in [5.41, 5.74) is 20.6. The first-order valence-electron chi connectivity index (χ1n) is 18.9. The number of fused-ring (bicyclic) bond motifs is 6. The van der Waals surface area contributed by atoms with E-state index in [0.717, 1.165) is 33.9 Å². The van der Waals surface area contributed by atoms with Gasteiger partial charge in [-0.25, -0.2) is 9.97 Å². The zero-order valence-corrected chi connectivity index (χ0v) is 31.1. The van der Waals surface area contributed by atoms with Gasteiger partial charge in [0.15, 0.2) is 5.82 Å². The number of hydrogen-bond donors (Lipinski definition) is 0. The molecule has 0 saturated heterocycles. The first-order chi connectivity index (χ1) is 26.3. The molecule has 2 aliphatic carbocycles. The summed E-state index contributed by atoms with van der Waals surface area (Å²) in [5.74, 6) is 0.718. The van der Waals surface area contributed by atoms with Gasteiger partial charge in [-0.2, -0.15) is 0 Å². The van der Waals surface area contributed by atoms with Crippen molar-refractivity contribution in [2.45, 2.75) is 38.5 Å². The van der Waals surface area contributed by atoms with Crippen molar-refractivity contribution in [3.8, 4) is 78.4 Å². The molecule has 54 heavy (non-hydrogen) atoms. The van der Waals surface area contributed by atoms with Crippen molar-refractivity contribution < 1.29 is 0 Å². The molecule has 8 aromatic rings. The molecule has 258 valence electrons. The second-order valence-electron chi connectivity index (χ2n) is 15.9. The van der Waals surface area contributed by atoms with Crippen LogP contribution in [0.15, 0.2) is 170 Å². The lowest BCUT2D eigenvalue weighted by atomic mass is 9.79. The number of nitrogens with zero attached hydrogens (tertiary/aromatic N) is 2. The van der Waals surface area contributed by atoms with Crippen LogP contribution in [0.2, 0.25) is 0 Å². The van der Waals surface area contributed by atoms with Gasteiger partial charge in [0.25, 0.3) is 0 Å². The van der Waals surface area contributed by atoms with Crippen LogP contribution in [0.25, 0.3) is 78.4 Å². The molecule has 0 saturated carbocycles. The molecule has 2 nitrogen and oxygen atoms in total. The van der Waals surface area contributed by atoms with Crippen LogP contribution in [0.3, 0.4) is 0 Å². The highest BCUT2D eigenvalue weighted by Crippen LogP contribution is 2.56. The first kappa shape index (κ1) is 32.3. The normalized spacial score (nSPS) is 14.2. The van der Waals surface area contributed by atoms with Crippen LogP contribution in [0, 0.1) is 0 Å². The third kappa shape index (κ3) is 5.09. The van der Waals surface area contributed by atoms with Crippen LogP contribution in [0.1, 0.15) is 49.9 Å². The highest BCUT2D eigenvalue weighted by atomic mass is 14.9. The summed E-state index contributed by atoms with van der Waals surface area (Å²) in [6.07, 6.45) is 0. The Kier molecular flexibility index (Phi) is 7.22. The standard InChI is InChI=1S/C52H40N2/c1-51(2)44-21-12-11-20-40(44)42-30-47-43(31-46(42)51)41-27-26-38(29-45(41)52(47,3)4)37-18-13-19-39(28-37)49-32-48(53-50(54-49)36-16-9-6-10-17-36)35-24-22-34(23-25-35)33-14-7-5-8-15-33/h5-32H,1-4H3. The molecule has 0 aliphatic heterocycles. The second kappa shape index (κ2) is 12.1. The molecule has 1 heterocycles. The molecule has 7 aromatic carbocycles. The fourth-order valence-electron chi connectivity index (χ4n) is 8.89. The number of rotatable bonds is 5. The van der Waals surface area contributed by atoms with Crippen molar-refractivity contribution in [1.29, 1.82) is 0 Å². The predicted octanol–water partition coefficient (Wildman–Crippen LogP) is 13.4. The van der Waals surface area contributed by atoms with Gasteiger partial charge in [0.05, 0.1) is 11.4 Å². The summed E-state index contributed by atoms with van der Waals surface area (Å²) in [7, 11) is 0. The molecule has 10 rings (SSSR count). The van der Waals surface area contributed by atoms with Crippen LogP contribution in [-0.4, -0.2) is 9.97 Å². The van der Waals surface area contributed by atoms with Crippen LogP contribution < -0.4 is 0 Å². The fraction of sp³-hybridized carbons (Fsp3) is 0.115. The lowest BCUT2D eigenvalue weighted by molar-refractivity contribution is 0.652. The largest absolute Gasteiger partial charge is 0.228 e. The molecule has 0 spiro atoms. The maximum atomic E-state index is 5.15. The summed E-state index contributed by atoms with van der Waals surface area (Å²) in [4.78, 5) is 10.2. The number of aromatic nitrogens is 2. The van der Waals surface area contributed by atoms with E-state index in [4.69, 9.17) is 9.97 Å². The SMILES string of the molecule is CC1(C)c2ccccc2-c2cc3c(cc21)-c1ccc(-c2cccc(-c4cc(-c5ccc(-c6ccccc6)cc5)nc(-c5ccccc5)n4)c2)cc1C3(C)C. The van der Waals surface area contributed by atoms with Crippen molar-refractivity contribution in [3.63, 3.8) is 0 Å². The molecule has 1 aromatic heterocycles. The van der Waals surface area contributed by atoms with Gasteiger partial charge >= 0.3 is 0 Å². The van der Waals surface area contributed by atoms with E-state index in [1.54, 1.807) is 0 Å². The van der Waals surface area contributed by atoms with Crippen LogP contribution in [0.4, 0.5) is 0 Å². The third-order valence-corrected chi connectivity index (χ3v) is 11.9. The maximum Gasteiger partial charge on any atom is 0.160 e. The minimum absolute atomic E-state index is 0.0267. The minimum atomic E-state index is -0.128. The Morgan fingerprint density at radius 1 is 0.296 bits per heavy atom. The van der Waals surface area contributed by atoms with Crippen molar-refractivity contribution in [2.24, 2.45) is 0 Å². The topological polar surface area (TPSA) is 25.8 Å². The van der Waals surface area contributed by atoms with E-state index in [2.05, 4.69) is 179 Å². The van der Waals surface area contributed by atoms with E-state index in [9.17, 15) is 0 Å². The van der Waals surface area contributed by atoms with E-state index >= 15 is 0 Å². The Balaban J connectivity index is 1.04. The van der Waals surface area contributed by atoms with Crippen molar-refractivity contribution in [1.82, 2.24) is 9.97 Å². The monoisotopic (exact) mass is 692 g/mol. The molecular formula is C52H40N2. The smallest absolute Gasteiger partial charge is 0.160 e. The second-order valence-corrected chi connectivity index (χ2v) is 15.9. The Hall–Kier alpha value is -6.38. The fourth-order valence-corrected chi connectivity index (χ4v) is 8.89. The molecule has 0 radical (unpaired) electrons. The molecule has 0 bridgehead atoms. The summed E-state index contributed by atoms with van der Waals surface area (Å²) >= 11 is 0. The van der Waals surface area contributed by atoms with Crippen molar-refractivity contribution in [2.75, 3.05) is 0 Å². The van der Waals surface area contributed by atoms with E-state index in [1.165, 1.54) is 66.8 Å². The Labute approximate surface area is 317 Å². The zero-order valence-electron chi connectivity index (χ0n) is 31.1. The number of hydrogen-bond acceptors (Lipinski definition) is 2. The quantitative estimate of drug-likeness (QED) is 0.179. The molecule has 2 aliphatic rings. The van der Waals surface area contributed by atoms with E-state index in [-0.39, 0.29) is 10.8 Å². The van der Waals surface area contributed by atoms with Crippen LogP contribution >= 0.6 is 0 Å². The van der Waals surface area contributed by atoms with Crippen molar-refractivity contribution >= 4 is 0 Å². The molecule has 0 fully saturated rings. The third-order valence-electron chi connectivity index (χ3n) is 11.9. The van der Waals surface area contributed by atoms with Gasteiger partial charge in [0, 0.05) is 27.5 Å². The van der Waals surface area contributed by atoms with E-state index in [1.807, 2.05) is 18.2 Å². The Morgan fingerprint density at radius 3 is 1.46 bits per heavy atom. The molecule has 0 unspecified atom stereocenters. The summed E-state index contributed by atoms with van der Waals surface area (Å²) < 4.78 is 0. The van der Waals surface area contributed by atoms with Gasteiger partial charge in [-0.3, -0.25) is 0 Å². The van der Waals surface area contributed by atoms with E-state index in [0.29, 0.717) is 0 Å². The Bertz CT molecular complexity index is 2740. The zero-order chi connectivity index (χ0) is 36.6. The number of benzene rings is 7. The van der Waals surface area contributed by atoms with Crippen LogP contribution in [0.5, 0.6) is 0 Å². The summed E-state index contributed by atoms with van der Waals surface area (Å²) in [5, 5.41) is 0. The predicted molar refractivity (Wildman–Crippen MR) is 224 cm³/mol. The first-order valence-corrected chi connectivity index (χ1v) is 18.9. The van der Waals surface area contributed by atoms with Crippen LogP contribution in [-0.2, 0) is 10.8 Å². The van der Waals surface area contributed by atoms with Gasteiger partial charge in [-0.15, -0.1) is 0 Å². The average molecular weight is 693 g/mol. The lowest BCUT2D eigenvalue weighted by Crippen LogP contribution is -2.17. The van der Waals surface area contributed by atoms with Crippen molar-refractivity contribution in [3.05, 3.63) is 192 Å². The molecule has 2 heteroatoms. The molecular weight excluding hydrogens is 653 g/mol. The molecule has 0 N–H and O–H groups in total. The molecule has 0 atom stereocenters. The summed E-state index contributed by atoms with van der Waals surface area (Å²) in [6.45, 7) is 9.50. The highest BCUT2D eigenvalue weighted by Gasteiger charge is 2.41. The maximum absolute atomic E-state index is 5.15. The van der Waals surface area contributed by atoms with Gasteiger partial charge in [0.1, 0.15) is 0 Å². The Morgan fingerprint density at radius 2 is 0.759 bits per heavy atom. The van der Waals surface area contributed by atoms with Gasteiger partial charge in [0.2, 0.25) is 0 Å². The van der Waals surface area contributed by atoms with Gasteiger partial charge in [-0.05, 0) is 97.1 Å². The summed E-state index contributed by atoms with van der Waals surface area (Å²) in [6, 6.07) is 61.4. The average Bonchev–Trinajstić information content (AvgIpc) is 3.59. The minimum Gasteiger partial charge on any atom is -0.228 e. The lowest BCUT2D eigenvalue weighted by Gasteiger charge is -2.24. The van der Waals surface area contributed by atoms with Gasteiger partial charge < -0.3 is 0 Å². The molecule has 0 amide bonds. The van der Waals surface area contributed by atoms with E-state index < -0.39 is 0 Å².